The van der Waals surface area contributed by atoms with Crippen molar-refractivity contribution in [2.45, 2.75) is 31.0 Å². The number of carbonyl (C=O) groups excluding carboxylic acids is 3. The topological polar surface area (TPSA) is 79.0 Å². The van der Waals surface area contributed by atoms with Crippen LogP contribution >= 0.6 is 0 Å². The monoisotopic (exact) mass is 407 g/mol. The van der Waals surface area contributed by atoms with Gasteiger partial charge in [-0.25, -0.2) is 4.79 Å². The van der Waals surface area contributed by atoms with Crippen LogP contribution in [0.15, 0.2) is 60.7 Å². The number of β-lactam (4-membered cyclic amide) rings is 1. The SMILES string of the molecule is CNC(=O)CN1C(=O)[C@]2(CCCN2C(=O)OCc2ccccc2)[C@H]1c1ccccc1. The van der Waals surface area contributed by atoms with Crippen molar-refractivity contribution >= 4 is 17.9 Å². The fourth-order valence-electron chi connectivity index (χ4n) is 4.56. The molecule has 3 amide bonds. The Labute approximate surface area is 175 Å². The van der Waals surface area contributed by atoms with E-state index in [1.165, 1.54) is 0 Å². The third kappa shape index (κ3) is 3.30. The second kappa shape index (κ2) is 8.18. The molecular formula is C23H25N3O4. The molecule has 2 aliphatic heterocycles. The standard InChI is InChI=1S/C23H25N3O4/c1-24-19(27)15-25-20(18-11-6-3-7-12-18)23(21(25)28)13-8-14-26(23)22(29)30-16-17-9-4-2-5-10-17/h2-7,9-12,20H,8,13-16H2,1H3,(H,24,27)/t20-,23+/m1/s1. The maximum atomic E-state index is 13.3. The summed E-state index contributed by atoms with van der Waals surface area (Å²) in [4.78, 5) is 41.4. The molecule has 0 radical (unpaired) electrons. The van der Waals surface area contributed by atoms with Gasteiger partial charge >= 0.3 is 6.09 Å². The molecule has 7 heteroatoms. The van der Waals surface area contributed by atoms with E-state index in [0.29, 0.717) is 19.4 Å². The molecule has 2 aromatic carbocycles. The summed E-state index contributed by atoms with van der Waals surface area (Å²) in [6, 6.07) is 18.6. The highest BCUT2D eigenvalue weighted by atomic mass is 16.6. The number of rotatable bonds is 5. The molecule has 7 nitrogen and oxygen atoms in total. The lowest BCUT2D eigenvalue weighted by molar-refractivity contribution is -0.174. The van der Waals surface area contributed by atoms with Crippen LogP contribution in [0.25, 0.3) is 0 Å². The summed E-state index contributed by atoms with van der Waals surface area (Å²) in [5.74, 6) is -0.440. The van der Waals surface area contributed by atoms with E-state index in [2.05, 4.69) is 5.32 Å². The summed E-state index contributed by atoms with van der Waals surface area (Å²) in [5, 5.41) is 2.57. The zero-order chi connectivity index (χ0) is 21.1. The van der Waals surface area contributed by atoms with Crippen LogP contribution in [0.2, 0.25) is 0 Å². The minimum absolute atomic E-state index is 0.0381. The first-order chi connectivity index (χ1) is 14.6. The first kappa shape index (κ1) is 19.9. The zero-order valence-electron chi connectivity index (χ0n) is 16.9. The Morgan fingerprint density at radius 1 is 1.10 bits per heavy atom. The predicted octanol–water partition coefficient (Wildman–Crippen LogP) is 2.49. The first-order valence-corrected chi connectivity index (χ1v) is 10.1. The van der Waals surface area contributed by atoms with E-state index in [1.807, 2.05) is 60.7 Å². The summed E-state index contributed by atoms with van der Waals surface area (Å²) in [6.07, 6.45) is 0.768. The lowest BCUT2D eigenvalue weighted by Crippen LogP contribution is -2.74. The molecule has 2 aromatic rings. The van der Waals surface area contributed by atoms with Gasteiger partial charge in [-0.3, -0.25) is 14.5 Å². The molecule has 1 spiro atoms. The quantitative estimate of drug-likeness (QED) is 0.773. The van der Waals surface area contributed by atoms with Gasteiger partial charge in [0.05, 0.1) is 6.04 Å². The van der Waals surface area contributed by atoms with Crippen molar-refractivity contribution in [2.24, 2.45) is 0 Å². The molecule has 156 valence electrons. The second-order valence-electron chi connectivity index (χ2n) is 7.64. The van der Waals surface area contributed by atoms with Gasteiger partial charge in [-0.05, 0) is 24.0 Å². The van der Waals surface area contributed by atoms with Crippen LogP contribution in [-0.2, 0) is 20.9 Å². The molecule has 2 aliphatic rings. The third-order valence-electron chi connectivity index (χ3n) is 5.95. The number of amides is 3. The Bertz CT molecular complexity index is 934. The van der Waals surface area contributed by atoms with E-state index in [-0.39, 0.29) is 31.0 Å². The van der Waals surface area contributed by atoms with E-state index in [4.69, 9.17) is 4.74 Å². The fraction of sp³-hybridized carbons (Fsp3) is 0.348. The average molecular weight is 407 g/mol. The van der Waals surface area contributed by atoms with Crippen molar-refractivity contribution in [1.29, 1.82) is 0 Å². The molecule has 2 saturated heterocycles. The number of carbonyl (C=O) groups is 3. The Morgan fingerprint density at radius 3 is 2.43 bits per heavy atom. The average Bonchev–Trinajstić information content (AvgIpc) is 3.25. The van der Waals surface area contributed by atoms with Gasteiger partial charge in [0.25, 0.3) is 5.91 Å². The number of likely N-dealkylation sites (N-methyl/N-ethyl adjacent to an activating group) is 1. The van der Waals surface area contributed by atoms with Crippen LogP contribution in [0.1, 0.15) is 30.0 Å². The van der Waals surface area contributed by atoms with Crippen LogP contribution in [0.4, 0.5) is 4.79 Å². The zero-order valence-corrected chi connectivity index (χ0v) is 16.9. The number of likely N-dealkylation sites (tertiary alicyclic amines) is 2. The minimum atomic E-state index is -0.997. The van der Waals surface area contributed by atoms with E-state index < -0.39 is 11.6 Å². The molecule has 1 N–H and O–H groups in total. The van der Waals surface area contributed by atoms with Crippen molar-refractivity contribution in [1.82, 2.24) is 15.1 Å². The van der Waals surface area contributed by atoms with Crippen molar-refractivity contribution in [3.8, 4) is 0 Å². The van der Waals surface area contributed by atoms with Crippen molar-refractivity contribution in [3.05, 3.63) is 71.8 Å². The minimum Gasteiger partial charge on any atom is -0.445 e. The van der Waals surface area contributed by atoms with Gasteiger partial charge in [-0.15, -0.1) is 0 Å². The van der Waals surface area contributed by atoms with Crippen LogP contribution < -0.4 is 5.32 Å². The Balaban J connectivity index is 1.59. The van der Waals surface area contributed by atoms with Crippen LogP contribution in [-0.4, -0.2) is 53.4 Å². The number of ether oxygens (including phenoxy) is 1. The summed E-state index contributed by atoms with van der Waals surface area (Å²) in [5.41, 5.74) is 0.798. The number of hydrogen-bond donors (Lipinski definition) is 1. The largest absolute Gasteiger partial charge is 0.445 e. The Hall–Kier alpha value is -3.35. The number of hydrogen-bond acceptors (Lipinski definition) is 4. The van der Waals surface area contributed by atoms with E-state index in [0.717, 1.165) is 11.1 Å². The maximum Gasteiger partial charge on any atom is 0.411 e. The molecule has 2 heterocycles. The maximum absolute atomic E-state index is 13.3. The highest BCUT2D eigenvalue weighted by Crippen LogP contribution is 2.52. The summed E-state index contributed by atoms with van der Waals surface area (Å²) in [7, 11) is 1.54. The van der Waals surface area contributed by atoms with Gasteiger partial charge in [0.1, 0.15) is 18.7 Å². The molecule has 30 heavy (non-hydrogen) atoms. The van der Waals surface area contributed by atoms with Gasteiger partial charge < -0.3 is 15.0 Å². The fourth-order valence-corrected chi connectivity index (χ4v) is 4.56. The van der Waals surface area contributed by atoms with Crippen molar-refractivity contribution < 1.29 is 19.1 Å². The van der Waals surface area contributed by atoms with Crippen LogP contribution in [0.5, 0.6) is 0 Å². The lowest BCUT2D eigenvalue weighted by atomic mass is 9.73. The summed E-state index contributed by atoms with van der Waals surface area (Å²) in [6.45, 7) is 0.568. The number of benzene rings is 2. The summed E-state index contributed by atoms with van der Waals surface area (Å²) < 4.78 is 5.55. The molecule has 2 atom stereocenters. The number of nitrogens with zero attached hydrogens (tertiary/aromatic N) is 2. The van der Waals surface area contributed by atoms with Gasteiger partial charge in [0.15, 0.2) is 0 Å². The molecule has 0 aliphatic carbocycles. The van der Waals surface area contributed by atoms with Gasteiger partial charge in [0.2, 0.25) is 5.91 Å². The Kier molecular flexibility index (Phi) is 5.44. The Morgan fingerprint density at radius 2 is 1.77 bits per heavy atom. The number of nitrogens with one attached hydrogen (secondary N) is 1. The van der Waals surface area contributed by atoms with Crippen molar-refractivity contribution in [2.75, 3.05) is 20.1 Å². The van der Waals surface area contributed by atoms with Crippen LogP contribution in [0.3, 0.4) is 0 Å². The smallest absolute Gasteiger partial charge is 0.411 e. The van der Waals surface area contributed by atoms with E-state index >= 15 is 0 Å². The highest BCUT2D eigenvalue weighted by molar-refractivity contribution is 6.00. The molecular weight excluding hydrogens is 382 g/mol. The molecule has 0 unspecified atom stereocenters. The van der Waals surface area contributed by atoms with Crippen LogP contribution in [0, 0.1) is 0 Å². The van der Waals surface area contributed by atoms with Crippen molar-refractivity contribution in [3.63, 3.8) is 0 Å². The molecule has 0 aromatic heterocycles. The molecule has 4 rings (SSSR count). The van der Waals surface area contributed by atoms with Gasteiger partial charge in [0, 0.05) is 13.6 Å². The normalized spacial score (nSPS) is 22.7. The van der Waals surface area contributed by atoms with E-state index in [1.54, 1.807) is 16.8 Å². The molecule has 2 fully saturated rings. The lowest BCUT2D eigenvalue weighted by Gasteiger charge is -2.57. The second-order valence-corrected chi connectivity index (χ2v) is 7.64. The summed E-state index contributed by atoms with van der Waals surface area (Å²) >= 11 is 0. The molecule has 0 saturated carbocycles. The highest BCUT2D eigenvalue weighted by Gasteiger charge is 2.67. The van der Waals surface area contributed by atoms with Gasteiger partial charge in [-0.2, -0.15) is 0 Å². The molecule has 0 bridgehead atoms. The van der Waals surface area contributed by atoms with E-state index in [9.17, 15) is 14.4 Å². The predicted molar refractivity (Wildman–Crippen MR) is 110 cm³/mol. The van der Waals surface area contributed by atoms with Gasteiger partial charge in [-0.1, -0.05) is 60.7 Å². The first-order valence-electron chi connectivity index (χ1n) is 10.1. The third-order valence-corrected chi connectivity index (χ3v) is 5.95.